The average Bonchev–Trinajstić information content (AvgIpc) is 3.21. The van der Waals surface area contributed by atoms with Gasteiger partial charge in [0.1, 0.15) is 0 Å². The molecule has 2 aromatic carbocycles. The van der Waals surface area contributed by atoms with Crippen molar-refractivity contribution in [2.75, 3.05) is 6.54 Å². The quantitative estimate of drug-likeness (QED) is 0.749. The fourth-order valence-corrected chi connectivity index (χ4v) is 3.70. The van der Waals surface area contributed by atoms with E-state index >= 15 is 0 Å². The number of hydrogen-bond donors (Lipinski definition) is 2. The van der Waals surface area contributed by atoms with Crippen LogP contribution in [0.5, 0.6) is 0 Å². The Bertz CT molecular complexity index is 685. The minimum atomic E-state index is -0.0755. The lowest BCUT2D eigenvalue weighted by Crippen LogP contribution is -2.34. The number of rotatable bonds is 8. The monoisotopic (exact) mass is 364 g/mol. The molecule has 0 bridgehead atoms. The molecule has 1 saturated carbocycles. The van der Waals surface area contributed by atoms with Crippen molar-refractivity contribution in [1.29, 1.82) is 0 Å². The molecule has 27 heavy (non-hydrogen) atoms. The Morgan fingerprint density at radius 3 is 1.89 bits per heavy atom. The second-order valence-electron chi connectivity index (χ2n) is 7.23. The highest BCUT2D eigenvalue weighted by molar-refractivity contribution is 5.83. The Kier molecular flexibility index (Phi) is 7.03. The standard InChI is InChI=1S/C23H28N2O2/c26-22(15-16-23(27)25-20-13-7-8-14-20)24-17-21(18-9-3-1-4-10-18)19-11-5-2-6-12-19/h1-6,9-12,20-21H,7-8,13-17H2,(H,24,26)(H,25,27). The summed E-state index contributed by atoms with van der Waals surface area (Å²) in [6.07, 6.45) is 4.98. The van der Waals surface area contributed by atoms with E-state index in [4.69, 9.17) is 0 Å². The van der Waals surface area contributed by atoms with E-state index < -0.39 is 0 Å². The highest BCUT2D eigenvalue weighted by atomic mass is 16.2. The van der Waals surface area contributed by atoms with Gasteiger partial charge in [-0.2, -0.15) is 0 Å². The van der Waals surface area contributed by atoms with E-state index in [1.54, 1.807) is 0 Å². The van der Waals surface area contributed by atoms with Gasteiger partial charge in [0.15, 0.2) is 0 Å². The van der Waals surface area contributed by atoms with Gasteiger partial charge in [-0.3, -0.25) is 9.59 Å². The van der Waals surface area contributed by atoms with E-state index in [1.807, 2.05) is 36.4 Å². The minimum Gasteiger partial charge on any atom is -0.355 e. The molecule has 2 amide bonds. The lowest BCUT2D eigenvalue weighted by Gasteiger charge is -2.19. The summed E-state index contributed by atoms with van der Waals surface area (Å²) in [6.45, 7) is 0.525. The second-order valence-corrected chi connectivity index (χ2v) is 7.23. The van der Waals surface area contributed by atoms with Crippen LogP contribution in [0, 0.1) is 0 Å². The van der Waals surface area contributed by atoms with Crippen molar-refractivity contribution in [2.45, 2.75) is 50.5 Å². The molecule has 1 fully saturated rings. The molecule has 4 heteroatoms. The molecule has 0 aromatic heterocycles. The molecule has 0 aliphatic heterocycles. The first-order chi connectivity index (χ1) is 13.2. The summed E-state index contributed by atoms with van der Waals surface area (Å²) in [6, 6.07) is 20.7. The van der Waals surface area contributed by atoms with Crippen LogP contribution in [-0.4, -0.2) is 24.4 Å². The van der Waals surface area contributed by atoms with Crippen LogP contribution in [0.25, 0.3) is 0 Å². The number of amides is 2. The largest absolute Gasteiger partial charge is 0.355 e. The lowest BCUT2D eigenvalue weighted by atomic mass is 9.91. The van der Waals surface area contributed by atoms with Crippen LogP contribution in [0.3, 0.4) is 0 Å². The summed E-state index contributed by atoms with van der Waals surface area (Å²) in [5, 5.41) is 6.04. The molecule has 0 heterocycles. The third-order valence-corrected chi connectivity index (χ3v) is 5.21. The highest BCUT2D eigenvalue weighted by Crippen LogP contribution is 2.23. The van der Waals surface area contributed by atoms with Crippen LogP contribution in [-0.2, 0) is 9.59 Å². The predicted octanol–water partition coefficient (Wildman–Crippen LogP) is 3.77. The van der Waals surface area contributed by atoms with Crippen molar-refractivity contribution in [2.24, 2.45) is 0 Å². The Morgan fingerprint density at radius 2 is 1.33 bits per heavy atom. The van der Waals surface area contributed by atoms with Crippen LogP contribution < -0.4 is 10.6 Å². The van der Waals surface area contributed by atoms with Crippen molar-refractivity contribution >= 4 is 11.8 Å². The van der Waals surface area contributed by atoms with Crippen LogP contribution in [0.1, 0.15) is 55.6 Å². The Morgan fingerprint density at radius 1 is 0.815 bits per heavy atom. The van der Waals surface area contributed by atoms with Crippen molar-refractivity contribution in [3.63, 3.8) is 0 Å². The third kappa shape index (κ3) is 5.95. The van der Waals surface area contributed by atoms with Gasteiger partial charge in [0.2, 0.25) is 11.8 Å². The van der Waals surface area contributed by atoms with Crippen molar-refractivity contribution in [3.05, 3.63) is 71.8 Å². The first kappa shape index (κ1) is 19.2. The van der Waals surface area contributed by atoms with Crippen molar-refractivity contribution in [3.8, 4) is 0 Å². The van der Waals surface area contributed by atoms with Gasteiger partial charge in [0, 0.05) is 31.3 Å². The number of benzene rings is 2. The number of hydrogen-bond acceptors (Lipinski definition) is 2. The van der Waals surface area contributed by atoms with Gasteiger partial charge in [0.25, 0.3) is 0 Å². The topological polar surface area (TPSA) is 58.2 Å². The Labute approximate surface area is 161 Å². The van der Waals surface area contributed by atoms with E-state index in [9.17, 15) is 9.59 Å². The number of nitrogens with one attached hydrogen (secondary N) is 2. The fourth-order valence-electron chi connectivity index (χ4n) is 3.70. The van der Waals surface area contributed by atoms with Gasteiger partial charge in [0.05, 0.1) is 0 Å². The van der Waals surface area contributed by atoms with Gasteiger partial charge in [-0.05, 0) is 24.0 Å². The Balaban J connectivity index is 1.51. The van der Waals surface area contributed by atoms with E-state index in [0.29, 0.717) is 12.6 Å². The molecular formula is C23H28N2O2. The van der Waals surface area contributed by atoms with Gasteiger partial charge in [-0.15, -0.1) is 0 Å². The molecule has 0 radical (unpaired) electrons. The summed E-state index contributed by atoms with van der Waals surface area (Å²) >= 11 is 0. The first-order valence-corrected chi connectivity index (χ1v) is 9.88. The molecule has 2 aromatic rings. The van der Waals surface area contributed by atoms with Gasteiger partial charge in [-0.25, -0.2) is 0 Å². The molecule has 142 valence electrons. The summed E-state index contributed by atoms with van der Waals surface area (Å²) in [7, 11) is 0. The smallest absolute Gasteiger partial charge is 0.220 e. The van der Waals surface area contributed by atoms with Crippen molar-refractivity contribution in [1.82, 2.24) is 10.6 Å². The number of carbonyl (C=O) groups is 2. The SMILES string of the molecule is O=C(CCC(=O)NC1CCCC1)NCC(c1ccccc1)c1ccccc1. The average molecular weight is 364 g/mol. The molecule has 0 unspecified atom stereocenters. The predicted molar refractivity (Wildman–Crippen MR) is 107 cm³/mol. The molecule has 1 aliphatic carbocycles. The van der Waals surface area contributed by atoms with Crippen LogP contribution in [0.15, 0.2) is 60.7 Å². The lowest BCUT2D eigenvalue weighted by molar-refractivity contribution is -0.126. The first-order valence-electron chi connectivity index (χ1n) is 9.88. The molecule has 2 N–H and O–H groups in total. The molecular weight excluding hydrogens is 336 g/mol. The number of carbonyl (C=O) groups excluding carboxylic acids is 2. The Hall–Kier alpha value is -2.62. The zero-order valence-electron chi connectivity index (χ0n) is 15.7. The molecule has 0 saturated heterocycles. The maximum Gasteiger partial charge on any atom is 0.220 e. The van der Waals surface area contributed by atoms with E-state index in [2.05, 4.69) is 34.9 Å². The molecule has 0 spiro atoms. The maximum atomic E-state index is 12.3. The highest BCUT2D eigenvalue weighted by Gasteiger charge is 2.18. The molecule has 1 aliphatic rings. The zero-order chi connectivity index (χ0) is 18.9. The van der Waals surface area contributed by atoms with Crippen LogP contribution in [0.4, 0.5) is 0 Å². The third-order valence-electron chi connectivity index (χ3n) is 5.21. The maximum absolute atomic E-state index is 12.3. The summed E-state index contributed by atoms with van der Waals surface area (Å²) < 4.78 is 0. The summed E-state index contributed by atoms with van der Waals surface area (Å²) in [5.74, 6) is 0.0109. The van der Waals surface area contributed by atoms with E-state index in [0.717, 1.165) is 12.8 Å². The molecule has 0 atom stereocenters. The van der Waals surface area contributed by atoms with Gasteiger partial charge in [-0.1, -0.05) is 73.5 Å². The zero-order valence-corrected chi connectivity index (χ0v) is 15.7. The van der Waals surface area contributed by atoms with Crippen LogP contribution >= 0.6 is 0 Å². The summed E-state index contributed by atoms with van der Waals surface area (Å²) in [5.41, 5.74) is 2.34. The fraction of sp³-hybridized carbons (Fsp3) is 0.391. The van der Waals surface area contributed by atoms with Crippen molar-refractivity contribution < 1.29 is 9.59 Å². The van der Waals surface area contributed by atoms with Crippen LogP contribution in [0.2, 0.25) is 0 Å². The van der Waals surface area contributed by atoms with Gasteiger partial charge >= 0.3 is 0 Å². The molecule has 3 rings (SSSR count). The second kappa shape index (κ2) is 9.91. The van der Waals surface area contributed by atoms with E-state index in [1.165, 1.54) is 24.0 Å². The minimum absolute atomic E-state index is 0.0141. The van der Waals surface area contributed by atoms with Gasteiger partial charge < -0.3 is 10.6 Å². The normalized spacial score (nSPS) is 14.3. The molecule has 4 nitrogen and oxygen atoms in total. The summed E-state index contributed by atoms with van der Waals surface area (Å²) in [4.78, 5) is 24.3. The van der Waals surface area contributed by atoms with E-state index in [-0.39, 0.29) is 30.6 Å².